The van der Waals surface area contributed by atoms with Crippen LogP contribution in [-0.4, -0.2) is 41.9 Å². The summed E-state index contributed by atoms with van der Waals surface area (Å²) in [5, 5.41) is 11.3. The van der Waals surface area contributed by atoms with Gasteiger partial charge in [0.1, 0.15) is 5.69 Å². The molecule has 0 spiro atoms. The average Bonchev–Trinajstić information content (AvgIpc) is 2.70. The number of hydrogen-bond donors (Lipinski definition) is 3. The molecule has 1 aromatic heterocycles. The molecule has 4 N–H and O–H groups in total. The van der Waals surface area contributed by atoms with Gasteiger partial charge in [-0.2, -0.15) is 0 Å². The summed E-state index contributed by atoms with van der Waals surface area (Å²) < 4.78 is 6.90. The molecule has 0 bridgehead atoms. The molecule has 0 aliphatic heterocycles. The average molecular weight is 255 g/mol. The van der Waals surface area contributed by atoms with Gasteiger partial charge in [-0.1, -0.05) is 6.92 Å². The quantitative estimate of drug-likeness (QED) is 0.580. The molecule has 6 nitrogen and oxygen atoms in total. The van der Waals surface area contributed by atoms with E-state index in [2.05, 4.69) is 5.32 Å². The molecule has 6 heteroatoms. The Morgan fingerprint density at radius 2 is 2.33 bits per heavy atom. The summed E-state index contributed by atoms with van der Waals surface area (Å²) in [6.45, 7) is 3.88. The number of rotatable bonds is 8. The number of nitrogens with zero attached hydrogens (tertiary/aromatic N) is 1. The van der Waals surface area contributed by atoms with E-state index in [0.29, 0.717) is 24.5 Å². The van der Waals surface area contributed by atoms with Gasteiger partial charge in [0.25, 0.3) is 5.91 Å². The Bertz CT molecular complexity index is 377. The smallest absolute Gasteiger partial charge is 0.268 e. The Balaban J connectivity index is 2.45. The predicted molar refractivity (Wildman–Crippen MR) is 69.4 cm³/mol. The monoisotopic (exact) mass is 255 g/mol. The van der Waals surface area contributed by atoms with Crippen molar-refractivity contribution in [2.75, 3.05) is 32.1 Å². The molecule has 0 aromatic carbocycles. The van der Waals surface area contributed by atoms with E-state index < -0.39 is 0 Å². The fourth-order valence-electron chi connectivity index (χ4n) is 1.64. The van der Waals surface area contributed by atoms with Crippen LogP contribution >= 0.6 is 0 Å². The Hall–Kier alpha value is -1.53. The van der Waals surface area contributed by atoms with Crippen molar-refractivity contribution in [2.45, 2.75) is 19.9 Å². The zero-order valence-corrected chi connectivity index (χ0v) is 10.7. The second-order valence-electron chi connectivity index (χ2n) is 3.94. The molecule has 0 radical (unpaired) electrons. The molecule has 18 heavy (non-hydrogen) atoms. The highest BCUT2D eigenvalue weighted by Gasteiger charge is 2.11. The van der Waals surface area contributed by atoms with Gasteiger partial charge in [0.2, 0.25) is 0 Å². The zero-order chi connectivity index (χ0) is 13.4. The minimum atomic E-state index is -0.159. The molecular weight excluding hydrogens is 234 g/mol. The van der Waals surface area contributed by atoms with Crippen molar-refractivity contribution < 1.29 is 14.6 Å². The summed E-state index contributed by atoms with van der Waals surface area (Å²) >= 11 is 0. The van der Waals surface area contributed by atoms with E-state index in [0.717, 1.165) is 13.0 Å². The van der Waals surface area contributed by atoms with Gasteiger partial charge < -0.3 is 25.5 Å². The van der Waals surface area contributed by atoms with Crippen LogP contribution in [0.5, 0.6) is 0 Å². The standard InChI is InChI=1S/C12H21N3O3/c1-2-4-15-9-10(13)8-11(15)12(17)14-3-6-18-7-5-16/h8-9,16H,2-7,13H2,1H3,(H,14,17). The summed E-state index contributed by atoms with van der Waals surface area (Å²) in [4.78, 5) is 11.9. The number of amides is 1. The Morgan fingerprint density at radius 1 is 1.56 bits per heavy atom. The molecule has 0 atom stereocenters. The highest BCUT2D eigenvalue weighted by Crippen LogP contribution is 2.11. The first-order chi connectivity index (χ1) is 8.69. The number of aromatic nitrogens is 1. The normalized spacial score (nSPS) is 10.6. The fourth-order valence-corrected chi connectivity index (χ4v) is 1.64. The van der Waals surface area contributed by atoms with Crippen LogP contribution in [0.4, 0.5) is 5.69 Å². The van der Waals surface area contributed by atoms with Gasteiger partial charge >= 0.3 is 0 Å². The Morgan fingerprint density at radius 3 is 3.00 bits per heavy atom. The van der Waals surface area contributed by atoms with Crippen LogP contribution in [0.3, 0.4) is 0 Å². The number of aliphatic hydroxyl groups excluding tert-OH is 1. The molecule has 1 rings (SSSR count). The van der Waals surface area contributed by atoms with Gasteiger partial charge in [0.05, 0.1) is 25.5 Å². The maximum Gasteiger partial charge on any atom is 0.268 e. The first-order valence-corrected chi connectivity index (χ1v) is 6.11. The number of aryl methyl sites for hydroxylation is 1. The molecule has 102 valence electrons. The van der Waals surface area contributed by atoms with Crippen molar-refractivity contribution in [1.29, 1.82) is 0 Å². The molecular formula is C12H21N3O3. The van der Waals surface area contributed by atoms with Crippen LogP contribution in [-0.2, 0) is 11.3 Å². The largest absolute Gasteiger partial charge is 0.397 e. The van der Waals surface area contributed by atoms with Crippen molar-refractivity contribution in [1.82, 2.24) is 9.88 Å². The molecule has 1 aromatic rings. The van der Waals surface area contributed by atoms with Crippen LogP contribution in [0, 0.1) is 0 Å². The van der Waals surface area contributed by atoms with Gasteiger partial charge in [-0.25, -0.2) is 0 Å². The van der Waals surface area contributed by atoms with Gasteiger partial charge in [-0.15, -0.1) is 0 Å². The van der Waals surface area contributed by atoms with E-state index in [1.165, 1.54) is 0 Å². The second kappa shape index (κ2) is 7.73. The van der Waals surface area contributed by atoms with E-state index >= 15 is 0 Å². The summed E-state index contributed by atoms with van der Waals surface area (Å²) in [5.41, 5.74) is 6.84. The Labute approximate surface area is 107 Å². The van der Waals surface area contributed by atoms with Crippen molar-refractivity contribution in [3.05, 3.63) is 18.0 Å². The lowest BCUT2D eigenvalue weighted by Crippen LogP contribution is -2.29. The number of aliphatic hydroxyl groups is 1. The van der Waals surface area contributed by atoms with Crippen molar-refractivity contribution in [3.63, 3.8) is 0 Å². The van der Waals surface area contributed by atoms with Crippen LogP contribution in [0.1, 0.15) is 23.8 Å². The van der Waals surface area contributed by atoms with Gasteiger partial charge in [0.15, 0.2) is 0 Å². The molecule has 1 amide bonds. The van der Waals surface area contributed by atoms with Gasteiger partial charge in [0, 0.05) is 19.3 Å². The first kappa shape index (κ1) is 14.5. The van der Waals surface area contributed by atoms with Crippen LogP contribution < -0.4 is 11.1 Å². The Kier molecular flexibility index (Phi) is 6.24. The number of hydrogen-bond acceptors (Lipinski definition) is 4. The van der Waals surface area contributed by atoms with Crippen LogP contribution in [0.15, 0.2) is 12.3 Å². The minimum absolute atomic E-state index is 0.0101. The van der Waals surface area contributed by atoms with E-state index in [1.807, 2.05) is 11.5 Å². The van der Waals surface area contributed by atoms with E-state index in [-0.39, 0.29) is 19.1 Å². The number of anilines is 1. The number of nitrogens with one attached hydrogen (secondary N) is 1. The predicted octanol–water partition coefficient (Wildman–Crippen LogP) is 0.219. The van der Waals surface area contributed by atoms with E-state index in [9.17, 15) is 4.79 Å². The summed E-state index contributed by atoms with van der Waals surface area (Å²) in [6.07, 6.45) is 2.70. The number of ether oxygens (including phenoxy) is 1. The van der Waals surface area contributed by atoms with E-state index in [4.69, 9.17) is 15.6 Å². The number of carbonyl (C=O) groups is 1. The maximum atomic E-state index is 11.9. The highest BCUT2D eigenvalue weighted by molar-refractivity contribution is 5.93. The summed E-state index contributed by atoms with van der Waals surface area (Å²) in [7, 11) is 0. The van der Waals surface area contributed by atoms with E-state index in [1.54, 1.807) is 12.3 Å². The lowest BCUT2D eigenvalue weighted by atomic mass is 10.3. The molecule has 0 saturated heterocycles. The minimum Gasteiger partial charge on any atom is -0.397 e. The molecule has 0 unspecified atom stereocenters. The molecule has 1 heterocycles. The molecule has 0 aliphatic carbocycles. The SMILES string of the molecule is CCCn1cc(N)cc1C(=O)NCCOCCO. The summed E-state index contributed by atoms with van der Waals surface area (Å²) in [5.74, 6) is -0.159. The van der Waals surface area contributed by atoms with Crippen molar-refractivity contribution in [2.24, 2.45) is 0 Å². The maximum absolute atomic E-state index is 11.9. The number of nitrogen functional groups attached to an aromatic ring is 1. The molecule has 0 saturated carbocycles. The number of nitrogens with two attached hydrogens (primary N) is 1. The van der Waals surface area contributed by atoms with Crippen LogP contribution in [0.25, 0.3) is 0 Å². The lowest BCUT2D eigenvalue weighted by Gasteiger charge is -2.08. The zero-order valence-electron chi connectivity index (χ0n) is 10.7. The third-order valence-electron chi connectivity index (χ3n) is 2.38. The summed E-state index contributed by atoms with van der Waals surface area (Å²) in [6, 6.07) is 1.67. The first-order valence-electron chi connectivity index (χ1n) is 6.11. The topological polar surface area (TPSA) is 89.5 Å². The van der Waals surface area contributed by atoms with Gasteiger partial charge in [-0.3, -0.25) is 4.79 Å². The van der Waals surface area contributed by atoms with Crippen molar-refractivity contribution in [3.8, 4) is 0 Å². The van der Waals surface area contributed by atoms with Crippen LogP contribution in [0.2, 0.25) is 0 Å². The second-order valence-corrected chi connectivity index (χ2v) is 3.94. The van der Waals surface area contributed by atoms with Crippen molar-refractivity contribution >= 4 is 11.6 Å². The van der Waals surface area contributed by atoms with Gasteiger partial charge in [-0.05, 0) is 12.5 Å². The molecule has 0 fully saturated rings. The fraction of sp³-hybridized carbons (Fsp3) is 0.583. The number of carbonyl (C=O) groups excluding carboxylic acids is 1. The highest BCUT2D eigenvalue weighted by atomic mass is 16.5. The third-order valence-corrected chi connectivity index (χ3v) is 2.38. The lowest BCUT2D eigenvalue weighted by molar-refractivity contribution is 0.0832. The molecule has 0 aliphatic rings. The third kappa shape index (κ3) is 4.38.